The van der Waals surface area contributed by atoms with Gasteiger partial charge in [-0.3, -0.25) is 4.79 Å². The quantitative estimate of drug-likeness (QED) is 0.833. The first-order valence-electron chi connectivity index (χ1n) is 6.34. The molecule has 0 aliphatic carbocycles. The highest BCUT2D eigenvalue weighted by Gasteiger charge is 2.28. The van der Waals surface area contributed by atoms with Crippen molar-refractivity contribution in [3.8, 4) is 0 Å². The average Bonchev–Trinajstić information content (AvgIpc) is 2.35. The summed E-state index contributed by atoms with van der Waals surface area (Å²) < 4.78 is 0. The number of carbonyl (C=O) groups excluding carboxylic acids is 1. The normalized spacial score (nSPS) is 24.0. The van der Waals surface area contributed by atoms with Crippen LogP contribution >= 0.6 is 11.8 Å². The minimum atomic E-state index is 0.188. The van der Waals surface area contributed by atoms with Crippen LogP contribution in [-0.2, 0) is 11.2 Å². The van der Waals surface area contributed by atoms with E-state index in [0.717, 1.165) is 17.9 Å². The number of hydrogen-bond donors (Lipinski definition) is 1. The SMILES string of the molecule is CC1SCCN(C(=O)Cc2ccccc2N)C1C. The number of nitrogen functional groups attached to an aromatic ring is 1. The minimum absolute atomic E-state index is 0.188. The molecular weight excluding hydrogens is 244 g/mol. The molecule has 4 heteroatoms. The van der Waals surface area contributed by atoms with Crippen molar-refractivity contribution in [2.45, 2.75) is 31.6 Å². The Morgan fingerprint density at radius 1 is 1.44 bits per heavy atom. The Labute approximate surface area is 113 Å². The number of para-hydroxylation sites is 1. The highest BCUT2D eigenvalue weighted by Crippen LogP contribution is 2.25. The lowest BCUT2D eigenvalue weighted by Gasteiger charge is -2.37. The molecule has 1 saturated heterocycles. The van der Waals surface area contributed by atoms with Gasteiger partial charge in [0.1, 0.15) is 0 Å². The molecule has 2 unspecified atom stereocenters. The maximum Gasteiger partial charge on any atom is 0.227 e. The first kappa shape index (κ1) is 13.3. The van der Waals surface area contributed by atoms with E-state index in [9.17, 15) is 4.79 Å². The van der Waals surface area contributed by atoms with Gasteiger partial charge in [-0.1, -0.05) is 25.1 Å². The van der Waals surface area contributed by atoms with Crippen LogP contribution in [0.5, 0.6) is 0 Å². The van der Waals surface area contributed by atoms with Gasteiger partial charge in [0.25, 0.3) is 0 Å². The zero-order valence-electron chi connectivity index (χ0n) is 10.9. The zero-order chi connectivity index (χ0) is 13.1. The second kappa shape index (κ2) is 5.65. The van der Waals surface area contributed by atoms with Crippen LogP contribution in [0.15, 0.2) is 24.3 Å². The zero-order valence-corrected chi connectivity index (χ0v) is 11.7. The number of carbonyl (C=O) groups is 1. The minimum Gasteiger partial charge on any atom is -0.398 e. The molecule has 3 nitrogen and oxygen atoms in total. The van der Waals surface area contributed by atoms with Crippen LogP contribution < -0.4 is 5.73 Å². The van der Waals surface area contributed by atoms with Crippen molar-refractivity contribution in [2.75, 3.05) is 18.0 Å². The number of rotatable bonds is 2. The Hall–Kier alpha value is -1.16. The summed E-state index contributed by atoms with van der Waals surface area (Å²) in [6.07, 6.45) is 0.411. The maximum atomic E-state index is 12.3. The Morgan fingerprint density at radius 3 is 2.89 bits per heavy atom. The van der Waals surface area contributed by atoms with Crippen molar-refractivity contribution in [2.24, 2.45) is 0 Å². The lowest BCUT2D eigenvalue weighted by Crippen LogP contribution is -2.48. The predicted octanol–water partition coefficient (Wildman–Crippen LogP) is 2.16. The van der Waals surface area contributed by atoms with Gasteiger partial charge in [-0.2, -0.15) is 11.8 Å². The van der Waals surface area contributed by atoms with Crippen LogP contribution in [0.4, 0.5) is 5.69 Å². The van der Waals surface area contributed by atoms with Crippen molar-refractivity contribution >= 4 is 23.4 Å². The molecule has 1 aromatic carbocycles. The van der Waals surface area contributed by atoms with Gasteiger partial charge in [-0.25, -0.2) is 0 Å². The van der Waals surface area contributed by atoms with Gasteiger partial charge in [0.2, 0.25) is 5.91 Å². The summed E-state index contributed by atoms with van der Waals surface area (Å²) in [5.41, 5.74) is 7.52. The van der Waals surface area contributed by atoms with E-state index in [1.807, 2.05) is 40.9 Å². The number of hydrogen-bond acceptors (Lipinski definition) is 3. The molecule has 0 saturated carbocycles. The second-order valence-corrected chi connectivity index (χ2v) is 6.26. The van der Waals surface area contributed by atoms with E-state index in [0.29, 0.717) is 23.4 Å². The molecule has 18 heavy (non-hydrogen) atoms. The highest BCUT2D eigenvalue weighted by atomic mass is 32.2. The molecule has 1 aromatic rings. The van der Waals surface area contributed by atoms with E-state index in [4.69, 9.17) is 5.73 Å². The molecule has 2 rings (SSSR count). The number of thioether (sulfide) groups is 1. The molecule has 0 spiro atoms. The van der Waals surface area contributed by atoms with Crippen LogP contribution in [0.3, 0.4) is 0 Å². The molecular formula is C14H20N2OS. The maximum absolute atomic E-state index is 12.3. The molecule has 0 aromatic heterocycles. The summed E-state index contributed by atoms with van der Waals surface area (Å²) in [5, 5.41) is 0.510. The van der Waals surface area contributed by atoms with E-state index in [1.165, 1.54) is 0 Å². The molecule has 1 heterocycles. The summed E-state index contributed by atoms with van der Waals surface area (Å²) in [7, 11) is 0. The fourth-order valence-electron chi connectivity index (χ4n) is 2.24. The van der Waals surface area contributed by atoms with Gasteiger partial charge in [-0.05, 0) is 18.6 Å². The fraction of sp³-hybridized carbons (Fsp3) is 0.500. The Balaban J connectivity index is 2.06. The lowest BCUT2D eigenvalue weighted by atomic mass is 10.1. The third-order valence-corrected chi connectivity index (χ3v) is 4.94. The van der Waals surface area contributed by atoms with E-state index >= 15 is 0 Å². The van der Waals surface area contributed by atoms with Gasteiger partial charge in [0.15, 0.2) is 0 Å². The molecule has 1 aliphatic heterocycles. The third-order valence-electron chi connectivity index (χ3n) is 3.60. The Bertz CT molecular complexity index is 436. The van der Waals surface area contributed by atoms with E-state index in [-0.39, 0.29) is 5.91 Å². The van der Waals surface area contributed by atoms with E-state index < -0.39 is 0 Å². The van der Waals surface area contributed by atoms with Crippen LogP contribution in [0.1, 0.15) is 19.4 Å². The van der Waals surface area contributed by atoms with E-state index in [2.05, 4.69) is 13.8 Å². The molecule has 0 bridgehead atoms. The first-order chi connectivity index (χ1) is 8.59. The van der Waals surface area contributed by atoms with Crippen molar-refractivity contribution < 1.29 is 4.79 Å². The second-order valence-electron chi connectivity index (χ2n) is 4.78. The monoisotopic (exact) mass is 264 g/mol. The molecule has 98 valence electrons. The number of anilines is 1. The van der Waals surface area contributed by atoms with Crippen LogP contribution in [0, 0.1) is 0 Å². The number of amides is 1. The molecule has 0 radical (unpaired) electrons. The van der Waals surface area contributed by atoms with Crippen molar-refractivity contribution in [3.63, 3.8) is 0 Å². The van der Waals surface area contributed by atoms with Gasteiger partial charge >= 0.3 is 0 Å². The first-order valence-corrected chi connectivity index (χ1v) is 7.39. The van der Waals surface area contributed by atoms with E-state index in [1.54, 1.807) is 0 Å². The topological polar surface area (TPSA) is 46.3 Å². The molecule has 1 fully saturated rings. The Kier molecular flexibility index (Phi) is 4.17. The van der Waals surface area contributed by atoms with Gasteiger partial charge in [-0.15, -0.1) is 0 Å². The summed E-state index contributed by atoms with van der Waals surface area (Å²) in [4.78, 5) is 14.3. The van der Waals surface area contributed by atoms with Gasteiger partial charge in [0, 0.05) is 29.3 Å². The largest absolute Gasteiger partial charge is 0.398 e. The number of nitrogens with two attached hydrogens (primary N) is 1. The highest BCUT2D eigenvalue weighted by molar-refractivity contribution is 8.00. The molecule has 1 amide bonds. The van der Waals surface area contributed by atoms with Crippen molar-refractivity contribution in [1.82, 2.24) is 4.90 Å². The van der Waals surface area contributed by atoms with Crippen molar-refractivity contribution in [3.05, 3.63) is 29.8 Å². The summed E-state index contributed by atoms with van der Waals surface area (Å²) in [5.74, 6) is 1.22. The van der Waals surface area contributed by atoms with Crippen LogP contribution in [0.2, 0.25) is 0 Å². The standard InChI is InChI=1S/C14H20N2OS/c1-10-11(2)18-8-7-16(10)14(17)9-12-5-3-4-6-13(12)15/h3-6,10-11H,7-9,15H2,1-2H3. The molecule has 2 N–H and O–H groups in total. The summed E-state index contributed by atoms with van der Waals surface area (Å²) in [6.45, 7) is 5.16. The number of benzene rings is 1. The molecule has 1 aliphatic rings. The Morgan fingerprint density at radius 2 is 2.17 bits per heavy atom. The number of nitrogens with zero attached hydrogens (tertiary/aromatic N) is 1. The molecule has 2 atom stereocenters. The van der Waals surface area contributed by atoms with Crippen molar-refractivity contribution in [1.29, 1.82) is 0 Å². The fourth-order valence-corrected chi connectivity index (χ4v) is 3.34. The van der Waals surface area contributed by atoms with Gasteiger partial charge < -0.3 is 10.6 Å². The summed E-state index contributed by atoms with van der Waals surface area (Å²) in [6, 6.07) is 7.91. The smallest absolute Gasteiger partial charge is 0.227 e. The van der Waals surface area contributed by atoms with Gasteiger partial charge in [0.05, 0.1) is 6.42 Å². The average molecular weight is 264 g/mol. The third kappa shape index (κ3) is 2.80. The van der Waals surface area contributed by atoms with Crippen LogP contribution in [0.25, 0.3) is 0 Å². The summed E-state index contributed by atoms with van der Waals surface area (Å²) >= 11 is 1.94. The predicted molar refractivity (Wildman–Crippen MR) is 77.7 cm³/mol. The lowest BCUT2D eigenvalue weighted by molar-refractivity contribution is -0.132. The van der Waals surface area contributed by atoms with Crippen LogP contribution in [-0.4, -0.2) is 34.4 Å².